The zero-order valence-corrected chi connectivity index (χ0v) is 13.6. The average Bonchev–Trinajstić information content (AvgIpc) is 2.77. The Kier molecular flexibility index (Phi) is 5.14. The number of amides is 2. The molecule has 0 atom stereocenters. The van der Waals surface area contributed by atoms with Crippen LogP contribution in [0.5, 0.6) is 0 Å². The van der Waals surface area contributed by atoms with Gasteiger partial charge >= 0.3 is 0 Å². The fourth-order valence-electron chi connectivity index (χ4n) is 2.47. The van der Waals surface area contributed by atoms with Crippen molar-refractivity contribution in [3.8, 4) is 0 Å². The van der Waals surface area contributed by atoms with Gasteiger partial charge in [-0.05, 0) is 28.5 Å². The molecule has 22 heavy (non-hydrogen) atoms. The van der Waals surface area contributed by atoms with E-state index in [-0.39, 0.29) is 18.4 Å². The molecule has 118 valence electrons. The number of nitrogens with one attached hydrogen (secondary N) is 1. The van der Waals surface area contributed by atoms with Gasteiger partial charge in [0.15, 0.2) is 0 Å². The molecule has 1 N–H and O–H groups in total. The van der Waals surface area contributed by atoms with Crippen molar-refractivity contribution in [1.29, 1.82) is 0 Å². The van der Waals surface area contributed by atoms with E-state index in [4.69, 9.17) is 4.74 Å². The number of benzene rings is 1. The van der Waals surface area contributed by atoms with Gasteiger partial charge < -0.3 is 4.74 Å². The number of carbonyl (C=O) groups is 2. The molecule has 0 saturated heterocycles. The molecule has 0 fully saturated rings. The highest BCUT2D eigenvalue weighted by Crippen LogP contribution is 2.25. The van der Waals surface area contributed by atoms with Crippen LogP contribution in [0, 0.1) is 0 Å². The quantitative estimate of drug-likeness (QED) is 0.822. The predicted molar refractivity (Wildman–Crippen MR) is 85.5 cm³/mol. The molecule has 1 aliphatic heterocycles. The number of rotatable bonds is 6. The van der Waals surface area contributed by atoms with Crippen LogP contribution < -0.4 is 5.32 Å². The molecule has 1 aliphatic rings. The van der Waals surface area contributed by atoms with Crippen molar-refractivity contribution < 1.29 is 14.3 Å². The Hall–Kier alpha value is -1.94. The molecule has 0 aliphatic carbocycles. The topological polar surface area (TPSA) is 55.4 Å². The third kappa shape index (κ3) is 3.83. The van der Waals surface area contributed by atoms with Crippen LogP contribution in [0.25, 0.3) is 0 Å². The Labute approximate surface area is 131 Å². The van der Waals surface area contributed by atoms with E-state index in [9.17, 15) is 9.59 Å². The van der Waals surface area contributed by atoms with Crippen LogP contribution >= 0.6 is 0 Å². The molecular weight excluding hydrogens is 278 g/mol. The molecule has 1 aromatic rings. The second kappa shape index (κ2) is 6.88. The summed E-state index contributed by atoms with van der Waals surface area (Å²) >= 11 is 0. The highest BCUT2D eigenvalue weighted by Gasteiger charge is 2.20. The minimum absolute atomic E-state index is 0.154. The zero-order chi connectivity index (χ0) is 16.3. The van der Waals surface area contributed by atoms with Crippen molar-refractivity contribution >= 4 is 11.8 Å². The highest BCUT2D eigenvalue weighted by atomic mass is 16.5. The molecule has 0 aromatic heterocycles. The van der Waals surface area contributed by atoms with Crippen molar-refractivity contribution in [3.63, 3.8) is 0 Å². The van der Waals surface area contributed by atoms with Gasteiger partial charge in [-0.15, -0.1) is 0 Å². The summed E-state index contributed by atoms with van der Waals surface area (Å²) in [6.07, 6.45) is 1.30. The molecular formula is C18H23NO3. The fraction of sp³-hybridized carbons (Fsp3) is 0.444. The predicted octanol–water partition coefficient (Wildman–Crippen LogP) is 3.03. The standard InChI is InChI=1S/C18H23NO3/c1-11(2)13-5-6-14(16(7-13)12(3)4)9-22-10-15-8-17(20)19-18(15)21/h5-8,11-12H,9-10H2,1-4H3,(H,19,20,21). The largest absolute Gasteiger partial charge is 0.372 e. The Bertz CT molecular complexity index is 615. The number of imide groups is 1. The zero-order valence-electron chi connectivity index (χ0n) is 13.6. The lowest BCUT2D eigenvalue weighted by atomic mass is 9.92. The van der Waals surface area contributed by atoms with Gasteiger partial charge in [-0.3, -0.25) is 14.9 Å². The van der Waals surface area contributed by atoms with Crippen molar-refractivity contribution in [3.05, 3.63) is 46.5 Å². The Morgan fingerprint density at radius 2 is 1.77 bits per heavy atom. The molecule has 0 bridgehead atoms. The van der Waals surface area contributed by atoms with Gasteiger partial charge in [0.1, 0.15) is 0 Å². The van der Waals surface area contributed by atoms with Crippen LogP contribution in [0.2, 0.25) is 0 Å². The summed E-state index contributed by atoms with van der Waals surface area (Å²) in [4.78, 5) is 22.5. The van der Waals surface area contributed by atoms with Crippen LogP contribution in [0.1, 0.15) is 56.2 Å². The van der Waals surface area contributed by atoms with E-state index in [1.165, 1.54) is 17.2 Å². The summed E-state index contributed by atoms with van der Waals surface area (Å²) in [5.74, 6) is 0.177. The first-order valence-electron chi connectivity index (χ1n) is 7.64. The maximum atomic E-state index is 11.4. The van der Waals surface area contributed by atoms with Gasteiger partial charge in [-0.2, -0.15) is 0 Å². The van der Waals surface area contributed by atoms with Crippen LogP contribution in [-0.4, -0.2) is 18.4 Å². The summed E-state index contributed by atoms with van der Waals surface area (Å²) in [7, 11) is 0. The Balaban J connectivity index is 2.05. The van der Waals surface area contributed by atoms with Gasteiger partial charge in [-0.25, -0.2) is 0 Å². The normalized spacial score (nSPS) is 14.7. The second-order valence-electron chi connectivity index (χ2n) is 6.25. The molecule has 0 unspecified atom stereocenters. The number of carbonyl (C=O) groups excluding carboxylic acids is 2. The van der Waals surface area contributed by atoms with E-state index >= 15 is 0 Å². The van der Waals surface area contributed by atoms with E-state index in [0.717, 1.165) is 5.56 Å². The second-order valence-corrected chi connectivity index (χ2v) is 6.25. The van der Waals surface area contributed by atoms with E-state index in [1.54, 1.807) is 0 Å². The van der Waals surface area contributed by atoms with E-state index < -0.39 is 0 Å². The smallest absolute Gasteiger partial charge is 0.256 e. The Morgan fingerprint density at radius 1 is 1.05 bits per heavy atom. The molecule has 2 amide bonds. The highest BCUT2D eigenvalue weighted by molar-refractivity contribution is 6.16. The number of hydrogen-bond donors (Lipinski definition) is 1. The average molecular weight is 301 g/mol. The minimum atomic E-state index is -0.368. The van der Waals surface area contributed by atoms with Gasteiger partial charge in [-0.1, -0.05) is 45.9 Å². The van der Waals surface area contributed by atoms with Gasteiger partial charge in [0.2, 0.25) is 0 Å². The van der Waals surface area contributed by atoms with Crippen LogP contribution in [0.3, 0.4) is 0 Å². The maximum Gasteiger partial charge on any atom is 0.256 e. The van der Waals surface area contributed by atoms with Crippen molar-refractivity contribution in [2.45, 2.75) is 46.1 Å². The molecule has 1 heterocycles. The first-order chi connectivity index (χ1) is 10.4. The molecule has 0 saturated carbocycles. The van der Waals surface area contributed by atoms with Crippen molar-refractivity contribution in [2.75, 3.05) is 6.61 Å². The summed E-state index contributed by atoms with van der Waals surface area (Å²) in [5, 5.41) is 2.21. The maximum absolute atomic E-state index is 11.4. The molecule has 0 spiro atoms. The van der Waals surface area contributed by atoms with E-state index in [2.05, 4.69) is 51.2 Å². The summed E-state index contributed by atoms with van der Waals surface area (Å²) in [6.45, 7) is 9.27. The van der Waals surface area contributed by atoms with Crippen LogP contribution in [0.15, 0.2) is 29.8 Å². The first kappa shape index (κ1) is 16.4. The van der Waals surface area contributed by atoms with Crippen LogP contribution in [-0.2, 0) is 20.9 Å². The number of hydrogen-bond acceptors (Lipinski definition) is 3. The first-order valence-corrected chi connectivity index (χ1v) is 7.64. The molecule has 4 nitrogen and oxygen atoms in total. The van der Waals surface area contributed by atoms with Gasteiger partial charge in [0.05, 0.1) is 13.2 Å². The third-order valence-corrected chi connectivity index (χ3v) is 3.81. The Morgan fingerprint density at radius 3 is 2.32 bits per heavy atom. The summed E-state index contributed by atoms with van der Waals surface area (Å²) in [5.41, 5.74) is 4.10. The summed E-state index contributed by atoms with van der Waals surface area (Å²) in [6, 6.07) is 6.46. The van der Waals surface area contributed by atoms with Crippen LogP contribution in [0.4, 0.5) is 0 Å². The number of ether oxygens (including phenoxy) is 1. The van der Waals surface area contributed by atoms with Crippen molar-refractivity contribution in [1.82, 2.24) is 5.32 Å². The lowest BCUT2D eigenvalue weighted by Gasteiger charge is -2.16. The lowest BCUT2D eigenvalue weighted by molar-refractivity contribution is -0.124. The minimum Gasteiger partial charge on any atom is -0.372 e. The molecule has 1 aromatic carbocycles. The van der Waals surface area contributed by atoms with Crippen molar-refractivity contribution in [2.24, 2.45) is 0 Å². The molecule has 0 radical (unpaired) electrons. The fourth-order valence-corrected chi connectivity index (χ4v) is 2.47. The lowest BCUT2D eigenvalue weighted by Crippen LogP contribution is -2.23. The van der Waals surface area contributed by atoms with E-state index in [0.29, 0.717) is 24.0 Å². The third-order valence-electron chi connectivity index (χ3n) is 3.81. The van der Waals surface area contributed by atoms with E-state index in [1.807, 2.05) is 0 Å². The molecule has 2 rings (SSSR count). The monoisotopic (exact) mass is 301 g/mol. The summed E-state index contributed by atoms with van der Waals surface area (Å²) < 4.78 is 5.63. The van der Waals surface area contributed by atoms with Gasteiger partial charge in [0, 0.05) is 11.6 Å². The molecule has 4 heteroatoms. The van der Waals surface area contributed by atoms with Gasteiger partial charge in [0.25, 0.3) is 11.8 Å². The SMILES string of the molecule is CC(C)c1ccc(COCC2=CC(=O)NC2=O)c(C(C)C)c1.